The van der Waals surface area contributed by atoms with Crippen molar-refractivity contribution in [2.24, 2.45) is 9.98 Å². The third kappa shape index (κ3) is 3.21. The standard InChI is InChI=1S/C5H9N3/c1-4(6)8-5(2)7-3/h6H,3H2,1-2H3. The molecular formula is C5H9N3. The van der Waals surface area contributed by atoms with Crippen molar-refractivity contribution < 1.29 is 0 Å². The van der Waals surface area contributed by atoms with Crippen LogP contribution in [0.3, 0.4) is 0 Å². The summed E-state index contributed by atoms with van der Waals surface area (Å²) >= 11 is 0. The molecule has 0 bridgehead atoms. The monoisotopic (exact) mass is 111 g/mol. The van der Waals surface area contributed by atoms with Crippen LogP contribution in [-0.2, 0) is 0 Å². The fourth-order valence-electron chi connectivity index (χ4n) is 0.278. The Balaban J connectivity index is 3.94. The molecule has 0 saturated carbocycles. The van der Waals surface area contributed by atoms with Crippen LogP contribution in [0.2, 0.25) is 0 Å². The normalized spacial score (nSPS) is 11.0. The van der Waals surface area contributed by atoms with Crippen LogP contribution in [0.5, 0.6) is 0 Å². The third-order valence-corrected chi connectivity index (χ3v) is 0.558. The third-order valence-electron chi connectivity index (χ3n) is 0.558. The van der Waals surface area contributed by atoms with E-state index in [1.54, 1.807) is 13.8 Å². The quantitative estimate of drug-likeness (QED) is 0.359. The number of nitrogens with one attached hydrogen (secondary N) is 1. The van der Waals surface area contributed by atoms with E-state index in [0.29, 0.717) is 5.84 Å². The van der Waals surface area contributed by atoms with Crippen molar-refractivity contribution in [3.05, 3.63) is 0 Å². The van der Waals surface area contributed by atoms with Gasteiger partial charge in [-0.3, -0.25) is 5.41 Å². The summed E-state index contributed by atoms with van der Waals surface area (Å²) in [6, 6.07) is 0. The molecular weight excluding hydrogens is 102 g/mol. The Labute approximate surface area is 48.7 Å². The smallest absolute Gasteiger partial charge is 0.126 e. The number of amidine groups is 2. The molecule has 3 heteroatoms. The molecule has 0 aliphatic rings. The van der Waals surface area contributed by atoms with Gasteiger partial charge in [0.1, 0.15) is 11.7 Å². The number of nitrogens with zero attached hydrogens (tertiary/aromatic N) is 2. The predicted molar refractivity (Wildman–Crippen MR) is 36.1 cm³/mol. The molecule has 3 nitrogen and oxygen atoms in total. The summed E-state index contributed by atoms with van der Waals surface area (Å²) in [6.45, 7) is 6.53. The van der Waals surface area contributed by atoms with Gasteiger partial charge < -0.3 is 0 Å². The highest BCUT2D eigenvalue weighted by molar-refractivity contribution is 5.95. The first-order chi connectivity index (χ1) is 3.66. The maximum Gasteiger partial charge on any atom is 0.126 e. The second-order valence-electron chi connectivity index (χ2n) is 1.40. The molecule has 0 fully saturated rings. The van der Waals surface area contributed by atoms with E-state index in [0.717, 1.165) is 0 Å². The van der Waals surface area contributed by atoms with Gasteiger partial charge in [0.05, 0.1) is 0 Å². The van der Waals surface area contributed by atoms with E-state index in [1.807, 2.05) is 0 Å². The van der Waals surface area contributed by atoms with Crippen molar-refractivity contribution in [1.29, 1.82) is 5.41 Å². The lowest BCUT2D eigenvalue weighted by Crippen LogP contribution is -1.89. The van der Waals surface area contributed by atoms with Crippen molar-refractivity contribution in [2.45, 2.75) is 13.8 Å². The van der Waals surface area contributed by atoms with Crippen molar-refractivity contribution in [1.82, 2.24) is 0 Å². The molecule has 0 unspecified atom stereocenters. The maximum absolute atomic E-state index is 6.85. The first kappa shape index (κ1) is 7.01. The van der Waals surface area contributed by atoms with Gasteiger partial charge in [0.2, 0.25) is 0 Å². The molecule has 0 amide bonds. The first-order valence-corrected chi connectivity index (χ1v) is 2.24. The van der Waals surface area contributed by atoms with Crippen LogP contribution in [0.4, 0.5) is 0 Å². The summed E-state index contributed by atoms with van der Waals surface area (Å²) in [5.74, 6) is 0.799. The molecule has 0 atom stereocenters. The summed E-state index contributed by atoms with van der Waals surface area (Å²) in [6.07, 6.45) is 0. The van der Waals surface area contributed by atoms with Gasteiger partial charge in [-0.15, -0.1) is 0 Å². The van der Waals surface area contributed by atoms with Gasteiger partial charge in [0.25, 0.3) is 0 Å². The molecule has 0 rings (SSSR count). The molecule has 8 heavy (non-hydrogen) atoms. The average Bonchev–Trinajstić information content (AvgIpc) is 1.65. The van der Waals surface area contributed by atoms with E-state index in [2.05, 4.69) is 16.7 Å². The fraction of sp³-hybridized carbons (Fsp3) is 0.400. The zero-order chi connectivity index (χ0) is 6.57. The molecule has 44 valence electrons. The highest BCUT2D eigenvalue weighted by Crippen LogP contribution is 1.78. The number of hydrogen-bond acceptors (Lipinski definition) is 1. The Morgan fingerprint density at radius 3 is 2.12 bits per heavy atom. The topological polar surface area (TPSA) is 48.6 Å². The van der Waals surface area contributed by atoms with E-state index in [9.17, 15) is 0 Å². The van der Waals surface area contributed by atoms with Gasteiger partial charge >= 0.3 is 0 Å². The molecule has 0 saturated heterocycles. The number of rotatable bonds is 0. The molecule has 0 aliphatic carbocycles. The van der Waals surface area contributed by atoms with Gasteiger partial charge in [-0.1, -0.05) is 0 Å². The maximum atomic E-state index is 6.85. The van der Waals surface area contributed by atoms with E-state index in [4.69, 9.17) is 5.41 Å². The lowest BCUT2D eigenvalue weighted by molar-refractivity contribution is 1.39. The Morgan fingerprint density at radius 1 is 1.50 bits per heavy atom. The van der Waals surface area contributed by atoms with Crippen LogP contribution >= 0.6 is 0 Å². The largest absolute Gasteiger partial charge is 0.287 e. The highest BCUT2D eigenvalue weighted by Gasteiger charge is 1.81. The zero-order valence-corrected chi connectivity index (χ0v) is 5.10. The van der Waals surface area contributed by atoms with E-state index < -0.39 is 0 Å². The van der Waals surface area contributed by atoms with Crippen molar-refractivity contribution in [3.63, 3.8) is 0 Å². The molecule has 0 aromatic carbocycles. The van der Waals surface area contributed by atoms with Gasteiger partial charge in [-0.25, -0.2) is 9.98 Å². The lowest BCUT2D eigenvalue weighted by atomic mass is 10.6. The van der Waals surface area contributed by atoms with Gasteiger partial charge in [-0.05, 0) is 20.6 Å². The van der Waals surface area contributed by atoms with E-state index in [1.165, 1.54) is 0 Å². The average molecular weight is 111 g/mol. The van der Waals surface area contributed by atoms with Crippen LogP contribution in [0, 0.1) is 5.41 Å². The summed E-state index contributed by atoms with van der Waals surface area (Å²) in [5.41, 5.74) is 0. The van der Waals surface area contributed by atoms with Crippen LogP contribution in [0.15, 0.2) is 9.98 Å². The molecule has 0 spiro atoms. The molecule has 0 aromatic heterocycles. The summed E-state index contributed by atoms with van der Waals surface area (Å²) in [4.78, 5) is 7.15. The highest BCUT2D eigenvalue weighted by atomic mass is 14.9. The minimum absolute atomic E-state index is 0.259. The van der Waals surface area contributed by atoms with Crippen LogP contribution in [-0.4, -0.2) is 18.4 Å². The van der Waals surface area contributed by atoms with E-state index in [-0.39, 0.29) is 5.84 Å². The second-order valence-corrected chi connectivity index (χ2v) is 1.40. The van der Waals surface area contributed by atoms with Crippen LogP contribution < -0.4 is 0 Å². The Morgan fingerprint density at radius 2 is 2.00 bits per heavy atom. The molecule has 0 aromatic rings. The van der Waals surface area contributed by atoms with Crippen LogP contribution in [0.1, 0.15) is 13.8 Å². The zero-order valence-electron chi connectivity index (χ0n) is 5.10. The Bertz CT molecular complexity index is 135. The lowest BCUT2D eigenvalue weighted by Gasteiger charge is -1.85. The van der Waals surface area contributed by atoms with Crippen molar-refractivity contribution in [2.75, 3.05) is 0 Å². The minimum Gasteiger partial charge on any atom is -0.287 e. The molecule has 0 heterocycles. The van der Waals surface area contributed by atoms with E-state index >= 15 is 0 Å². The Kier molecular flexibility index (Phi) is 2.69. The summed E-state index contributed by atoms with van der Waals surface area (Å²) < 4.78 is 0. The van der Waals surface area contributed by atoms with Gasteiger partial charge in [0.15, 0.2) is 0 Å². The second kappa shape index (κ2) is 3.07. The van der Waals surface area contributed by atoms with Gasteiger partial charge in [-0.2, -0.15) is 0 Å². The Hall–Kier alpha value is -0.990. The number of aliphatic imine (C=N–C) groups is 2. The molecule has 0 aliphatic heterocycles. The first-order valence-electron chi connectivity index (χ1n) is 2.24. The summed E-state index contributed by atoms with van der Waals surface area (Å²) in [5, 5.41) is 6.85. The molecule has 1 N–H and O–H groups in total. The predicted octanol–water partition coefficient (Wildman–Crippen LogP) is 1.10. The summed E-state index contributed by atoms with van der Waals surface area (Å²) in [7, 11) is 0. The number of hydrogen-bond donors (Lipinski definition) is 1. The molecule has 0 radical (unpaired) electrons. The fourth-order valence-corrected chi connectivity index (χ4v) is 0.278. The SMILES string of the molecule is C=NC(C)=NC(C)=N. The van der Waals surface area contributed by atoms with Crippen LogP contribution in [0.25, 0.3) is 0 Å². The van der Waals surface area contributed by atoms with Gasteiger partial charge in [0, 0.05) is 0 Å². The van der Waals surface area contributed by atoms with Crippen molar-refractivity contribution >= 4 is 18.4 Å². The minimum atomic E-state index is 0.259. The van der Waals surface area contributed by atoms with Crippen molar-refractivity contribution in [3.8, 4) is 0 Å².